The van der Waals surface area contributed by atoms with Crippen LogP contribution in [0.25, 0.3) is 0 Å². The minimum atomic E-state index is -1.28. The van der Waals surface area contributed by atoms with Crippen molar-refractivity contribution in [2.75, 3.05) is 0 Å². The van der Waals surface area contributed by atoms with Gasteiger partial charge in [-0.15, -0.1) is 0 Å². The van der Waals surface area contributed by atoms with Crippen molar-refractivity contribution in [2.24, 2.45) is 0 Å². The number of hydrogen-bond donors (Lipinski definition) is 0. The van der Waals surface area contributed by atoms with E-state index in [1.54, 1.807) is 0 Å². The van der Waals surface area contributed by atoms with Gasteiger partial charge in [0, 0.05) is 12.3 Å². The van der Waals surface area contributed by atoms with Gasteiger partial charge >= 0.3 is 0 Å². The monoisotopic (exact) mass is 271 g/mol. The molecule has 3 heteroatoms. The molecule has 2 rings (SSSR count). The van der Waals surface area contributed by atoms with Crippen molar-refractivity contribution in [1.29, 1.82) is 0 Å². The third-order valence-corrected chi connectivity index (χ3v) is 7.26. The van der Waals surface area contributed by atoms with Crippen molar-refractivity contribution >= 4 is 13.3 Å². The van der Waals surface area contributed by atoms with E-state index in [1.807, 2.05) is 30.5 Å². The van der Waals surface area contributed by atoms with E-state index in [0.29, 0.717) is 12.5 Å². The molecule has 1 heterocycles. The summed E-state index contributed by atoms with van der Waals surface area (Å²) in [7, 11) is -1.28. The standard InChI is InChI=1S/C16H21NOSi/c1-4-19(2,3)15-10-11-16(17-12-15)18-13-14-8-6-5-7-9-14/h5-12H,4,13H2,1-3H3. The van der Waals surface area contributed by atoms with Crippen molar-refractivity contribution in [1.82, 2.24) is 4.98 Å². The Kier molecular flexibility index (Phi) is 4.38. The Morgan fingerprint density at radius 1 is 1.05 bits per heavy atom. The molecule has 1 aromatic carbocycles. The molecule has 0 saturated carbocycles. The lowest BCUT2D eigenvalue weighted by Crippen LogP contribution is -2.40. The number of benzene rings is 1. The van der Waals surface area contributed by atoms with E-state index in [2.05, 4.69) is 43.2 Å². The van der Waals surface area contributed by atoms with Crippen LogP contribution in [-0.4, -0.2) is 13.1 Å². The Hall–Kier alpha value is -1.61. The predicted octanol–water partition coefficient (Wildman–Crippen LogP) is 3.60. The van der Waals surface area contributed by atoms with E-state index in [9.17, 15) is 0 Å². The molecule has 0 spiro atoms. The lowest BCUT2D eigenvalue weighted by atomic mass is 10.2. The Morgan fingerprint density at radius 2 is 1.79 bits per heavy atom. The van der Waals surface area contributed by atoms with Gasteiger partial charge in [0.25, 0.3) is 0 Å². The van der Waals surface area contributed by atoms with Crippen LogP contribution in [0.3, 0.4) is 0 Å². The zero-order valence-corrected chi connectivity index (χ0v) is 12.9. The molecule has 0 aliphatic heterocycles. The Balaban J connectivity index is 2.00. The summed E-state index contributed by atoms with van der Waals surface area (Å²) in [4.78, 5) is 4.42. The average Bonchev–Trinajstić information content (AvgIpc) is 2.47. The maximum atomic E-state index is 5.70. The first-order chi connectivity index (χ1) is 9.12. The summed E-state index contributed by atoms with van der Waals surface area (Å²) in [5.74, 6) is 0.702. The van der Waals surface area contributed by atoms with Crippen molar-refractivity contribution in [3.05, 3.63) is 54.2 Å². The lowest BCUT2D eigenvalue weighted by molar-refractivity contribution is 0.294. The van der Waals surface area contributed by atoms with Gasteiger partial charge in [-0.25, -0.2) is 4.98 Å². The first-order valence-electron chi connectivity index (χ1n) is 6.75. The first-order valence-corrected chi connectivity index (χ1v) is 9.96. The second-order valence-corrected chi connectivity index (χ2v) is 10.4. The molecule has 0 saturated heterocycles. The van der Waals surface area contributed by atoms with Crippen LogP contribution in [0.2, 0.25) is 19.1 Å². The van der Waals surface area contributed by atoms with Crippen LogP contribution in [0.4, 0.5) is 0 Å². The number of nitrogens with zero attached hydrogens (tertiary/aromatic N) is 1. The summed E-state index contributed by atoms with van der Waals surface area (Å²) in [6, 6.07) is 15.6. The fourth-order valence-corrected chi connectivity index (χ4v) is 3.16. The van der Waals surface area contributed by atoms with Crippen LogP contribution in [-0.2, 0) is 6.61 Å². The topological polar surface area (TPSA) is 22.1 Å². The fourth-order valence-electron chi connectivity index (χ4n) is 1.80. The molecule has 1 aromatic heterocycles. The molecule has 0 bridgehead atoms. The lowest BCUT2D eigenvalue weighted by Gasteiger charge is -2.20. The minimum absolute atomic E-state index is 0.571. The number of ether oxygens (including phenoxy) is 1. The Bertz CT molecular complexity index is 508. The van der Waals surface area contributed by atoms with Gasteiger partial charge in [0.1, 0.15) is 6.61 Å². The zero-order chi connectivity index (χ0) is 13.7. The van der Waals surface area contributed by atoms with Gasteiger partial charge in [-0.2, -0.15) is 0 Å². The number of rotatable bonds is 5. The van der Waals surface area contributed by atoms with E-state index in [-0.39, 0.29) is 0 Å². The Labute approximate surface area is 116 Å². The highest BCUT2D eigenvalue weighted by molar-refractivity contribution is 6.89. The maximum absolute atomic E-state index is 5.70. The molecule has 0 aliphatic rings. The van der Waals surface area contributed by atoms with Gasteiger partial charge in [0.15, 0.2) is 0 Å². The number of hydrogen-bond acceptors (Lipinski definition) is 2. The molecule has 0 unspecified atom stereocenters. The summed E-state index contributed by atoms with van der Waals surface area (Å²) in [5.41, 5.74) is 1.16. The molecule has 0 amide bonds. The molecule has 19 heavy (non-hydrogen) atoms. The van der Waals surface area contributed by atoms with Crippen LogP contribution in [0.1, 0.15) is 12.5 Å². The van der Waals surface area contributed by atoms with Crippen LogP contribution < -0.4 is 9.92 Å². The average molecular weight is 271 g/mol. The van der Waals surface area contributed by atoms with Gasteiger partial charge in [-0.1, -0.05) is 62.5 Å². The third-order valence-electron chi connectivity index (χ3n) is 3.63. The minimum Gasteiger partial charge on any atom is -0.473 e. The summed E-state index contributed by atoms with van der Waals surface area (Å²) >= 11 is 0. The van der Waals surface area contributed by atoms with Gasteiger partial charge < -0.3 is 4.74 Å². The zero-order valence-electron chi connectivity index (χ0n) is 11.9. The quantitative estimate of drug-likeness (QED) is 0.775. The molecule has 0 atom stereocenters. The number of aromatic nitrogens is 1. The predicted molar refractivity (Wildman–Crippen MR) is 82.6 cm³/mol. The summed E-state index contributed by atoms with van der Waals surface area (Å²) in [6.45, 7) is 7.57. The molecular weight excluding hydrogens is 250 g/mol. The van der Waals surface area contributed by atoms with E-state index >= 15 is 0 Å². The SMILES string of the molecule is CC[Si](C)(C)c1ccc(OCc2ccccc2)nc1. The van der Waals surface area contributed by atoms with E-state index in [1.165, 1.54) is 11.2 Å². The molecule has 0 radical (unpaired) electrons. The first kappa shape index (κ1) is 13.8. The molecule has 0 aliphatic carbocycles. The smallest absolute Gasteiger partial charge is 0.213 e. The van der Waals surface area contributed by atoms with Gasteiger partial charge in [-0.05, 0) is 10.8 Å². The summed E-state index contributed by atoms with van der Waals surface area (Å²) in [5, 5.41) is 1.39. The van der Waals surface area contributed by atoms with E-state index in [0.717, 1.165) is 5.56 Å². The molecule has 2 aromatic rings. The molecule has 0 fully saturated rings. The third kappa shape index (κ3) is 3.67. The second-order valence-electron chi connectivity index (χ2n) is 5.40. The fraction of sp³-hybridized carbons (Fsp3) is 0.312. The van der Waals surface area contributed by atoms with Gasteiger partial charge in [0.2, 0.25) is 5.88 Å². The largest absolute Gasteiger partial charge is 0.473 e. The van der Waals surface area contributed by atoms with Crippen molar-refractivity contribution in [2.45, 2.75) is 32.7 Å². The van der Waals surface area contributed by atoms with Gasteiger partial charge in [0.05, 0.1) is 8.07 Å². The van der Waals surface area contributed by atoms with Crippen LogP contribution in [0.5, 0.6) is 5.88 Å². The molecule has 2 nitrogen and oxygen atoms in total. The van der Waals surface area contributed by atoms with E-state index < -0.39 is 8.07 Å². The van der Waals surface area contributed by atoms with Crippen LogP contribution in [0.15, 0.2) is 48.7 Å². The van der Waals surface area contributed by atoms with E-state index in [4.69, 9.17) is 4.74 Å². The van der Waals surface area contributed by atoms with Gasteiger partial charge in [-0.3, -0.25) is 0 Å². The molecule has 0 N–H and O–H groups in total. The second kappa shape index (κ2) is 6.02. The highest BCUT2D eigenvalue weighted by Gasteiger charge is 2.20. The highest BCUT2D eigenvalue weighted by Crippen LogP contribution is 2.12. The van der Waals surface area contributed by atoms with Crippen LogP contribution in [0, 0.1) is 0 Å². The molecular formula is C16H21NOSi. The van der Waals surface area contributed by atoms with Crippen LogP contribution >= 0.6 is 0 Å². The number of pyridine rings is 1. The Morgan fingerprint density at radius 3 is 2.37 bits per heavy atom. The normalized spacial score (nSPS) is 11.3. The van der Waals surface area contributed by atoms with Crippen molar-refractivity contribution in [3.63, 3.8) is 0 Å². The summed E-state index contributed by atoms with van der Waals surface area (Å²) in [6.07, 6.45) is 1.98. The van der Waals surface area contributed by atoms with Crippen molar-refractivity contribution in [3.8, 4) is 5.88 Å². The van der Waals surface area contributed by atoms with Crippen molar-refractivity contribution < 1.29 is 4.74 Å². The maximum Gasteiger partial charge on any atom is 0.213 e. The summed E-state index contributed by atoms with van der Waals surface area (Å²) < 4.78 is 5.70. The molecule has 100 valence electrons. The highest BCUT2D eigenvalue weighted by atomic mass is 28.3.